The van der Waals surface area contributed by atoms with E-state index in [1.54, 1.807) is 11.9 Å². The number of anilines is 1. The van der Waals surface area contributed by atoms with Crippen molar-refractivity contribution in [2.24, 2.45) is 0 Å². The molecule has 0 atom stereocenters. The average Bonchev–Trinajstić information content (AvgIpc) is 2.65. The molecule has 4 nitrogen and oxygen atoms in total. The van der Waals surface area contributed by atoms with Gasteiger partial charge < -0.3 is 15.1 Å². The highest BCUT2D eigenvalue weighted by Gasteiger charge is 2.21. The zero-order valence-electron chi connectivity index (χ0n) is 12.4. The first-order valence-electron chi connectivity index (χ1n) is 6.56. The number of aryl methyl sites for hydroxylation is 2. The number of nitrogens with two attached hydrogens (primary N) is 1. The Morgan fingerprint density at radius 2 is 1.75 bits per heavy atom. The lowest BCUT2D eigenvalue weighted by atomic mass is 10.1. The predicted octanol–water partition coefficient (Wildman–Crippen LogP) is 3.06. The summed E-state index contributed by atoms with van der Waals surface area (Å²) >= 11 is 0. The first-order chi connectivity index (χ1) is 9.40. The molecule has 2 aromatic rings. The fourth-order valence-corrected chi connectivity index (χ4v) is 2.27. The molecule has 0 aliphatic rings. The van der Waals surface area contributed by atoms with Gasteiger partial charge in [-0.1, -0.05) is 12.1 Å². The van der Waals surface area contributed by atoms with Crippen molar-refractivity contribution < 1.29 is 9.21 Å². The van der Waals surface area contributed by atoms with Crippen LogP contribution in [0.15, 0.2) is 28.7 Å². The molecular formula is C16H20N2O2. The van der Waals surface area contributed by atoms with Crippen molar-refractivity contribution in [2.75, 3.05) is 12.8 Å². The van der Waals surface area contributed by atoms with Crippen molar-refractivity contribution in [2.45, 2.75) is 27.3 Å². The molecule has 2 rings (SSSR count). The van der Waals surface area contributed by atoms with Crippen LogP contribution in [0.3, 0.4) is 0 Å². The molecule has 0 saturated heterocycles. The van der Waals surface area contributed by atoms with Gasteiger partial charge in [-0.25, -0.2) is 0 Å². The predicted molar refractivity (Wildman–Crippen MR) is 79.6 cm³/mol. The molecular weight excluding hydrogens is 252 g/mol. The molecule has 0 aliphatic carbocycles. The summed E-state index contributed by atoms with van der Waals surface area (Å²) in [6.45, 7) is 6.15. The van der Waals surface area contributed by atoms with Crippen molar-refractivity contribution in [3.63, 3.8) is 0 Å². The minimum Gasteiger partial charge on any atom is -0.466 e. The van der Waals surface area contributed by atoms with E-state index in [-0.39, 0.29) is 5.91 Å². The van der Waals surface area contributed by atoms with Crippen molar-refractivity contribution in [3.8, 4) is 0 Å². The van der Waals surface area contributed by atoms with Crippen LogP contribution in [0.1, 0.15) is 33.0 Å². The van der Waals surface area contributed by atoms with Crippen molar-refractivity contribution in [1.82, 2.24) is 4.90 Å². The number of benzene rings is 1. The highest BCUT2D eigenvalue weighted by atomic mass is 16.3. The number of rotatable bonds is 3. The molecule has 1 amide bonds. The van der Waals surface area contributed by atoms with Crippen LogP contribution in [0.4, 0.5) is 5.69 Å². The molecule has 0 fully saturated rings. The number of furan rings is 1. The van der Waals surface area contributed by atoms with Gasteiger partial charge in [0.1, 0.15) is 11.5 Å². The molecule has 1 aromatic carbocycles. The van der Waals surface area contributed by atoms with Gasteiger partial charge in [-0.3, -0.25) is 4.79 Å². The van der Waals surface area contributed by atoms with Gasteiger partial charge in [-0.05, 0) is 38.5 Å². The second-order valence-corrected chi connectivity index (χ2v) is 5.12. The number of carbonyl (C=O) groups excluding carboxylic acids is 1. The van der Waals surface area contributed by atoms with Gasteiger partial charge in [0.2, 0.25) is 0 Å². The molecule has 2 N–H and O–H groups in total. The van der Waals surface area contributed by atoms with Crippen LogP contribution in [-0.2, 0) is 6.54 Å². The number of amides is 1. The lowest BCUT2D eigenvalue weighted by Gasteiger charge is -2.17. The Balaban J connectivity index is 2.18. The van der Waals surface area contributed by atoms with Gasteiger partial charge >= 0.3 is 0 Å². The Labute approximate surface area is 119 Å². The summed E-state index contributed by atoms with van der Waals surface area (Å²) in [4.78, 5) is 14.2. The zero-order valence-corrected chi connectivity index (χ0v) is 12.4. The summed E-state index contributed by atoms with van der Waals surface area (Å²) in [5, 5.41) is 0. The van der Waals surface area contributed by atoms with E-state index in [4.69, 9.17) is 10.2 Å². The summed E-state index contributed by atoms with van der Waals surface area (Å²) in [5.74, 6) is 1.45. The molecule has 0 bridgehead atoms. The summed E-state index contributed by atoms with van der Waals surface area (Å²) in [7, 11) is 1.79. The summed E-state index contributed by atoms with van der Waals surface area (Å²) in [6.07, 6.45) is 0. The Kier molecular flexibility index (Phi) is 3.84. The molecule has 0 aliphatic heterocycles. The molecule has 0 saturated carbocycles. The van der Waals surface area contributed by atoms with E-state index in [2.05, 4.69) is 0 Å². The van der Waals surface area contributed by atoms with Gasteiger partial charge in [0.05, 0.1) is 5.56 Å². The maximum atomic E-state index is 12.5. The Morgan fingerprint density at radius 3 is 2.25 bits per heavy atom. The minimum atomic E-state index is -0.0197. The van der Waals surface area contributed by atoms with E-state index in [9.17, 15) is 4.79 Å². The highest BCUT2D eigenvalue weighted by Crippen LogP contribution is 2.22. The fraction of sp³-hybridized carbons (Fsp3) is 0.312. The van der Waals surface area contributed by atoms with Gasteiger partial charge in [-0.15, -0.1) is 0 Å². The van der Waals surface area contributed by atoms with Crippen LogP contribution in [-0.4, -0.2) is 17.9 Å². The third kappa shape index (κ3) is 2.69. The third-order valence-corrected chi connectivity index (χ3v) is 3.52. The second-order valence-electron chi connectivity index (χ2n) is 5.12. The summed E-state index contributed by atoms with van der Waals surface area (Å²) in [6, 6.07) is 7.54. The van der Waals surface area contributed by atoms with Crippen LogP contribution in [0.5, 0.6) is 0 Å². The SMILES string of the molecule is Cc1oc(C)c(C(=O)N(C)Cc2ccc(N)cc2)c1C. The monoisotopic (exact) mass is 272 g/mol. The lowest BCUT2D eigenvalue weighted by molar-refractivity contribution is 0.0782. The minimum absolute atomic E-state index is 0.0197. The van der Waals surface area contributed by atoms with Gasteiger partial charge in [0.15, 0.2) is 0 Å². The number of carbonyl (C=O) groups is 1. The summed E-state index contributed by atoms with van der Waals surface area (Å²) < 4.78 is 5.52. The molecule has 0 radical (unpaired) electrons. The van der Waals surface area contributed by atoms with E-state index in [1.165, 1.54) is 0 Å². The smallest absolute Gasteiger partial charge is 0.257 e. The van der Waals surface area contributed by atoms with Crippen LogP contribution in [0.2, 0.25) is 0 Å². The lowest BCUT2D eigenvalue weighted by Crippen LogP contribution is -2.27. The van der Waals surface area contributed by atoms with Crippen LogP contribution < -0.4 is 5.73 Å². The Hall–Kier alpha value is -2.23. The van der Waals surface area contributed by atoms with Crippen LogP contribution in [0, 0.1) is 20.8 Å². The van der Waals surface area contributed by atoms with E-state index in [0.29, 0.717) is 17.9 Å². The van der Waals surface area contributed by atoms with E-state index in [0.717, 1.165) is 22.6 Å². The molecule has 20 heavy (non-hydrogen) atoms. The maximum Gasteiger partial charge on any atom is 0.257 e. The standard InChI is InChI=1S/C16H20N2O2/c1-10-11(2)20-12(3)15(10)16(19)18(4)9-13-5-7-14(17)8-6-13/h5-8H,9,17H2,1-4H3. The zero-order chi connectivity index (χ0) is 14.9. The number of hydrogen-bond acceptors (Lipinski definition) is 3. The van der Waals surface area contributed by atoms with E-state index < -0.39 is 0 Å². The van der Waals surface area contributed by atoms with Gasteiger partial charge in [-0.2, -0.15) is 0 Å². The number of nitrogens with zero attached hydrogens (tertiary/aromatic N) is 1. The van der Waals surface area contributed by atoms with Crippen molar-refractivity contribution in [3.05, 3.63) is 52.5 Å². The summed E-state index contributed by atoms with van der Waals surface area (Å²) in [5.41, 5.74) is 9.01. The first-order valence-corrected chi connectivity index (χ1v) is 6.56. The first kappa shape index (κ1) is 14.2. The van der Waals surface area contributed by atoms with Gasteiger partial charge in [0, 0.05) is 24.8 Å². The topological polar surface area (TPSA) is 59.5 Å². The van der Waals surface area contributed by atoms with Crippen LogP contribution >= 0.6 is 0 Å². The van der Waals surface area contributed by atoms with Crippen LogP contribution in [0.25, 0.3) is 0 Å². The molecule has 106 valence electrons. The van der Waals surface area contributed by atoms with Crippen molar-refractivity contribution >= 4 is 11.6 Å². The molecule has 0 spiro atoms. The average molecular weight is 272 g/mol. The van der Waals surface area contributed by atoms with E-state index >= 15 is 0 Å². The third-order valence-electron chi connectivity index (χ3n) is 3.52. The Bertz CT molecular complexity index is 627. The largest absolute Gasteiger partial charge is 0.466 e. The van der Waals surface area contributed by atoms with Crippen molar-refractivity contribution in [1.29, 1.82) is 0 Å². The normalized spacial score (nSPS) is 10.6. The molecule has 1 heterocycles. The van der Waals surface area contributed by atoms with E-state index in [1.807, 2.05) is 45.0 Å². The number of hydrogen-bond donors (Lipinski definition) is 1. The fourth-order valence-electron chi connectivity index (χ4n) is 2.27. The van der Waals surface area contributed by atoms with Gasteiger partial charge in [0.25, 0.3) is 5.91 Å². The number of nitrogen functional groups attached to an aromatic ring is 1. The Morgan fingerprint density at radius 1 is 1.15 bits per heavy atom. The quantitative estimate of drug-likeness (QED) is 0.874. The molecule has 4 heteroatoms. The maximum absolute atomic E-state index is 12.5. The highest BCUT2D eigenvalue weighted by molar-refractivity contribution is 5.96. The second kappa shape index (κ2) is 5.41. The molecule has 0 unspecified atom stereocenters. The molecule has 1 aromatic heterocycles.